The van der Waals surface area contributed by atoms with Crippen LogP contribution < -0.4 is 4.90 Å². The molecule has 2 heterocycles. The number of carbonyl (C=O) groups is 2. The summed E-state index contributed by atoms with van der Waals surface area (Å²) in [6.45, 7) is 16.1. The number of aromatic nitrogens is 2. The molecule has 1 atom stereocenters. The number of halogens is 1. The molecule has 1 unspecified atom stereocenters. The molecule has 180 valence electrons. The summed E-state index contributed by atoms with van der Waals surface area (Å²) >= 11 is 7.61. The van der Waals surface area contributed by atoms with Crippen LogP contribution in [-0.4, -0.2) is 76.1 Å². The molecule has 9 heteroatoms. The molecule has 0 N–H and O–H groups in total. The minimum absolute atomic E-state index is 0.0263. The highest BCUT2D eigenvalue weighted by atomic mass is 35.5. The summed E-state index contributed by atoms with van der Waals surface area (Å²) in [5.74, 6) is 1.34. The van der Waals surface area contributed by atoms with Crippen molar-refractivity contribution < 1.29 is 9.59 Å². The fraction of sp³-hybridized carbons (Fsp3) is 0.739. The fourth-order valence-electron chi connectivity index (χ4n) is 3.82. The quantitative estimate of drug-likeness (QED) is 0.295. The molecule has 1 aliphatic rings. The van der Waals surface area contributed by atoms with Gasteiger partial charge in [0.05, 0.1) is 5.75 Å². The molecule has 0 saturated carbocycles. The first-order chi connectivity index (χ1) is 15.0. The zero-order valence-electron chi connectivity index (χ0n) is 20.4. The molecule has 1 saturated heterocycles. The number of nitrogens with zero attached hydrogens (tertiary/aromatic N) is 5. The molecule has 2 amide bonds. The van der Waals surface area contributed by atoms with Crippen LogP contribution >= 0.6 is 23.4 Å². The summed E-state index contributed by atoms with van der Waals surface area (Å²) in [4.78, 5) is 40.3. The summed E-state index contributed by atoms with van der Waals surface area (Å²) < 4.78 is 0. The van der Waals surface area contributed by atoms with Gasteiger partial charge in [0, 0.05) is 51.3 Å². The van der Waals surface area contributed by atoms with Gasteiger partial charge in [0.25, 0.3) is 0 Å². The Morgan fingerprint density at radius 2 is 1.84 bits per heavy atom. The van der Waals surface area contributed by atoms with E-state index >= 15 is 0 Å². The first-order valence-corrected chi connectivity index (χ1v) is 12.9. The minimum atomic E-state index is -0.0263. The Labute approximate surface area is 202 Å². The normalized spacial score (nSPS) is 16.9. The lowest BCUT2D eigenvalue weighted by Crippen LogP contribution is -2.54. The topological polar surface area (TPSA) is 69.6 Å². The summed E-state index contributed by atoms with van der Waals surface area (Å²) in [5.41, 5.74) is -0.0263. The maximum absolute atomic E-state index is 12.7. The third-order valence-electron chi connectivity index (χ3n) is 5.28. The SMILES string of the molecule is CCCN(CCC)C(=O)CSc1nc(Cl)cc(N2CCN(C(=O)CC(C)(C)C)C(C)C2)n1. The predicted molar refractivity (Wildman–Crippen MR) is 132 cm³/mol. The van der Waals surface area contributed by atoms with Crippen LogP contribution in [0.3, 0.4) is 0 Å². The fourth-order valence-corrected chi connectivity index (χ4v) is 4.81. The van der Waals surface area contributed by atoms with Gasteiger partial charge in [-0.05, 0) is 25.2 Å². The van der Waals surface area contributed by atoms with Crippen LogP contribution in [-0.2, 0) is 9.59 Å². The molecule has 0 aliphatic carbocycles. The lowest BCUT2D eigenvalue weighted by Gasteiger charge is -2.41. The van der Waals surface area contributed by atoms with Crippen LogP contribution in [0.15, 0.2) is 11.2 Å². The molecule has 1 aromatic heterocycles. The van der Waals surface area contributed by atoms with E-state index in [-0.39, 0.29) is 23.3 Å². The molecule has 0 aromatic carbocycles. The molecule has 0 radical (unpaired) electrons. The highest BCUT2D eigenvalue weighted by Gasteiger charge is 2.30. The number of amides is 2. The van der Waals surface area contributed by atoms with E-state index in [0.29, 0.717) is 42.1 Å². The number of carbonyl (C=O) groups excluding carboxylic acids is 2. The summed E-state index contributed by atoms with van der Waals surface area (Å²) in [6.07, 6.45) is 2.42. The van der Waals surface area contributed by atoms with Crippen molar-refractivity contribution in [1.29, 1.82) is 0 Å². The highest BCUT2D eigenvalue weighted by Crippen LogP contribution is 2.26. The molecule has 0 bridgehead atoms. The van der Waals surface area contributed by atoms with Crippen molar-refractivity contribution >= 4 is 41.0 Å². The van der Waals surface area contributed by atoms with Crippen LogP contribution in [0.5, 0.6) is 0 Å². The summed E-state index contributed by atoms with van der Waals surface area (Å²) in [7, 11) is 0. The van der Waals surface area contributed by atoms with Gasteiger partial charge in [-0.15, -0.1) is 0 Å². The van der Waals surface area contributed by atoms with Crippen LogP contribution in [0.25, 0.3) is 0 Å². The first-order valence-electron chi connectivity index (χ1n) is 11.5. The van der Waals surface area contributed by atoms with E-state index in [2.05, 4.69) is 56.4 Å². The van der Waals surface area contributed by atoms with Gasteiger partial charge in [-0.1, -0.05) is 58.0 Å². The number of rotatable bonds is 9. The van der Waals surface area contributed by atoms with Crippen molar-refractivity contribution in [3.05, 3.63) is 11.2 Å². The van der Waals surface area contributed by atoms with Gasteiger partial charge in [-0.3, -0.25) is 9.59 Å². The van der Waals surface area contributed by atoms with Crippen molar-refractivity contribution in [3.8, 4) is 0 Å². The number of anilines is 1. The Kier molecular flexibility index (Phi) is 10.1. The third kappa shape index (κ3) is 8.10. The van der Waals surface area contributed by atoms with Crippen LogP contribution in [0, 0.1) is 5.41 Å². The molecule has 2 rings (SSSR count). The third-order valence-corrected chi connectivity index (χ3v) is 6.30. The monoisotopic (exact) mass is 483 g/mol. The van der Waals surface area contributed by atoms with Gasteiger partial charge in [0.2, 0.25) is 11.8 Å². The average Bonchev–Trinajstić information content (AvgIpc) is 2.70. The summed E-state index contributed by atoms with van der Waals surface area (Å²) in [6, 6.07) is 1.84. The van der Waals surface area contributed by atoms with E-state index in [0.717, 1.165) is 31.7 Å². The zero-order valence-corrected chi connectivity index (χ0v) is 21.9. The first kappa shape index (κ1) is 26.7. The van der Waals surface area contributed by atoms with Crippen LogP contribution in [0.2, 0.25) is 5.15 Å². The Morgan fingerprint density at radius 3 is 2.41 bits per heavy atom. The van der Waals surface area contributed by atoms with E-state index in [1.165, 1.54) is 11.8 Å². The molecular formula is C23H38ClN5O2S. The summed E-state index contributed by atoms with van der Waals surface area (Å²) in [5, 5.41) is 0.871. The second kappa shape index (κ2) is 12.1. The Hall–Kier alpha value is -1.54. The Bertz CT molecular complexity index is 780. The lowest BCUT2D eigenvalue weighted by atomic mass is 9.91. The second-order valence-corrected chi connectivity index (χ2v) is 11.0. The maximum Gasteiger partial charge on any atom is 0.233 e. The Morgan fingerprint density at radius 1 is 1.19 bits per heavy atom. The van der Waals surface area contributed by atoms with E-state index < -0.39 is 0 Å². The molecule has 32 heavy (non-hydrogen) atoms. The van der Waals surface area contributed by atoms with E-state index in [4.69, 9.17) is 11.6 Å². The number of hydrogen-bond acceptors (Lipinski definition) is 6. The van der Waals surface area contributed by atoms with Crippen molar-refractivity contribution in [2.75, 3.05) is 43.4 Å². The molecule has 1 fully saturated rings. The van der Waals surface area contributed by atoms with E-state index in [9.17, 15) is 9.59 Å². The number of piperazine rings is 1. The number of hydrogen-bond donors (Lipinski definition) is 0. The van der Waals surface area contributed by atoms with Gasteiger partial charge >= 0.3 is 0 Å². The van der Waals surface area contributed by atoms with E-state index in [1.54, 1.807) is 6.07 Å². The molecule has 0 spiro atoms. The smallest absolute Gasteiger partial charge is 0.233 e. The number of thioether (sulfide) groups is 1. The minimum Gasteiger partial charge on any atom is -0.353 e. The van der Waals surface area contributed by atoms with Gasteiger partial charge in [0.1, 0.15) is 11.0 Å². The second-order valence-electron chi connectivity index (χ2n) is 9.62. The van der Waals surface area contributed by atoms with Gasteiger partial charge in [-0.2, -0.15) is 0 Å². The van der Waals surface area contributed by atoms with Crippen LogP contribution in [0.1, 0.15) is 60.8 Å². The highest BCUT2D eigenvalue weighted by molar-refractivity contribution is 7.99. The maximum atomic E-state index is 12.7. The average molecular weight is 484 g/mol. The van der Waals surface area contributed by atoms with Crippen molar-refractivity contribution in [1.82, 2.24) is 19.8 Å². The molecule has 7 nitrogen and oxygen atoms in total. The zero-order chi connectivity index (χ0) is 23.9. The van der Waals surface area contributed by atoms with Gasteiger partial charge < -0.3 is 14.7 Å². The van der Waals surface area contributed by atoms with Gasteiger partial charge in [0.15, 0.2) is 5.16 Å². The lowest BCUT2D eigenvalue weighted by molar-refractivity contribution is -0.135. The molecular weight excluding hydrogens is 446 g/mol. The van der Waals surface area contributed by atoms with E-state index in [1.807, 2.05) is 9.80 Å². The van der Waals surface area contributed by atoms with Crippen molar-refractivity contribution in [3.63, 3.8) is 0 Å². The van der Waals surface area contributed by atoms with Crippen LogP contribution in [0.4, 0.5) is 5.82 Å². The van der Waals surface area contributed by atoms with Gasteiger partial charge in [-0.25, -0.2) is 9.97 Å². The largest absolute Gasteiger partial charge is 0.353 e. The molecule has 1 aliphatic heterocycles. The van der Waals surface area contributed by atoms with Crippen molar-refractivity contribution in [2.24, 2.45) is 5.41 Å². The van der Waals surface area contributed by atoms with Crippen molar-refractivity contribution in [2.45, 2.75) is 72.0 Å². The Balaban J connectivity index is 2.02. The standard InChI is InChI=1S/C23H38ClN5O2S/c1-7-9-27(10-8-2)21(31)16-32-22-25-18(24)13-19(26-22)28-11-12-29(17(3)15-28)20(30)14-23(4,5)6/h13,17H,7-12,14-16H2,1-6H3. The predicted octanol–water partition coefficient (Wildman–Crippen LogP) is 4.34. The molecule has 1 aromatic rings.